The maximum atomic E-state index is 13.8. The van der Waals surface area contributed by atoms with E-state index >= 15 is 0 Å². The maximum Gasteiger partial charge on any atom is 0.216 e. The average Bonchev–Trinajstić information content (AvgIpc) is 3.63. The highest BCUT2D eigenvalue weighted by atomic mass is 32.2. The third-order valence-electron chi connectivity index (χ3n) is 7.50. The molecular formula is C22H32FN3O2S. The van der Waals surface area contributed by atoms with E-state index < -0.39 is 10.0 Å². The molecule has 1 atom stereocenters. The first-order valence-electron chi connectivity index (χ1n) is 11.2. The number of halogens is 1. The second-order valence-corrected chi connectivity index (χ2v) is 11.7. The quantitative estimate of drug-likeness (QED) is 0.766. The Morgan fingerprint density at radius 3 is 2.55 bits per heavy atom. The van der Waals surface area contributed by atoms with Gasteiger partial charge in [-0.15, -0.1) is 0 Å². The number of benzene rings is 1. The normalized spacial score (nSPS) is 27.2. The molecule has 5 rings (SSSR count). The van der Waals surface area contributed by atoms with Gasteiger partial charge >= 0.3 is 0 Å². The van der Waals surface area contributed by atoms with E-state index in [4.69, 9.17) is 0 Å². The number of hydrogen-bond donors (Lipinski definition) is 1. The van der Waals surface area contributed by atoms with E-state index in [1.54, 1.807) is 16.4 Å². The molecule has 0 radical (unpaired) electrons. The van der Waals surface area contributed by atoms with Crippen LogP contribution in [0.15, 0.2) is 24.3 Å². The summed E-state index contributed by atoms with van der Waals surface area (Å²) in [6.45, 7) is 4.35. The van der Waals surface area contributed by atoms with Crippen molar-refractivity contribution < 1.29 is 12.8 Å². The Kier molecular flexibility index (Phi) is 5.21. The minimum absolute atomic E-state index is 0.120. The molecule has 29 heavy (non-hydrogen) atoms. The molecular weight excluding hydrogens is 389 g/mol. The highest BCUT2D eigenvalue weighted by Gasteiger charge is 2.52. The SMILES string of the molecule is O=S(=O)(C1CC1)N1CCC([C@H](Cc2cccc(F)c2)N2CCNCC23CC3)CC1. The number of nitrogens with one attached hydrogen (secondary N) is 1. The predicted octanol–water partition coefficient (Wildman–Crippen LogP) is 2.38. The summed E-state index contributed by atoms with van der Waals surface area (Å²) in [6, 6.07) is 7.36. The summed E-state index contributed by atoms with van der Waals surface area (Å²) in [5.41, 5.74) is 1.32. The van der Waals surface area contributed by atoms with E-state index in [1.165, 1.54) is 18.9 Å². The summed E-state index contributed by atoms with van der Waals surface area (Å²) >= 11 is 0. The summed E-state index contributed by atoms with van der Waals surface area (Å²) in [6.07, 6.45) is 6.78. The van der Waals surface area contributed by atoms with Gasteiger partial charge in [0.25, 0.3) is 0 Å². The Balaban J connectivity index is 1.34. The Labute approximate surface area is 173 Å². The second-order valence-electron chi connectivity index (χ2n) is 9.48. The van der Waals surface area contributed by atoms with Crippen LogP contribution in [0.4, 0.5) is 4.39 Å². The molecule has 4 aliphatic rings. The van der Waals surface area contributed by atoms with Crippen LogP contribution in [0.1, 0.15) is 44.1 Å². The van der Waals surface area contributed by atoms with Crippen LogP contribution in [0.5, 0.6) is 0 Å². The molecule has 1 spiro atoms. The van der Waals surface area contributed by atoms with Crippen LogP contribution in [0.3, 0.4) is 0 Å². The third kappa shape index (κ3) is 3.99. The van der Waals surface area contributed by atoms with Gasteiger partial charge in [0.15, 0.2) is 0 Å². The summed E-state index contributed by atoms with van der Waals surface area (Å²) in [5, 5.41) is 3.44. The summed E-state index contributed by atoms with van der Waals surface area (Å²) in [4.78, 5) is 2.70. The second kappa shape index (κ2) is 7.59. The standard InChI is InChI=1S/C22H32FN3O2S/c23-19-3-1-2-17(14-19)15-21(26-13-10-24-16-22(26)8-9-22)18-6-11-25(12-7-18)29(27,28)20-4-5-20/h1-3,14,18,20-21,24H,4-13,15-16H2/t21-/m0/s1. The molecule has 7 heteroatoms. The lowest BCUT2D eigenvalue weighted by molar-refractivity contribution is 0.0394. The van der Waals surface area contributed by atoms with Crippen LogP contribution < -0.4 is 5.32 Å². The first-order valence-corrected chi connectivity index (χ1v) is 12.7. The summed E-state index contributed by atoms with van der Waals surface area (Å²) in [5.74, 6) is 0.285. The topological polar surface area (TPSA) is 52.7 Å². The fourth-order valence-electron chi connectivity index (χ4n) is 5.51. The zero-order valence-electron chi connectivity index (χ0n) is 17.0. The van der Waals surface area contributed by atoms with Gasteiger partial charge in [-0.2, -0.15) is 0 Å². The molecule has 0 aromatic heterocycles. The molecule has 160 valence electrons. The number of hydrogen-bond acceptors (Lipinski definition) is 4. The van der Waals surface area contributed by atoms with Crippen LogP contribution in [0.25, 0.3) is 0 Å². The fourth-order valence-corrected chi connectivity index (χ4v) is 7.39. The highest BCUT2D eigenvalue weighted by Crippen LogP contribution is 2.46. The van der Waals surface area contributed by atoms with Crippen LogP contribution in [-0.4, -0.2) is 67.2 Å². The largest absolute Gasteiger partial charge is 0.314 e. The molecule has 2 saturated heterocycles. The van der Waals surface area contributed by atoms with E-state index in [2.05, 4.69) is 10.2 Å². The monoisotopic (exact) mass is 421 g/mol. The first-order chi connectivity index (χ1) is 14.0. The number of sulfonamides is 1. The van der Waals surface area contributed by atoms with Crippen molar-refractivity contribution >= 4 is 10.0 Å². The summed E-state index contributed by atoms with van der Waals surface area (Å²) < 4.78 is 40.8. The van der Waals surface area contributed by atoms with Crippen molar-refractivity contribution in [2.24, 2.45) is 5.92 Å². The number of piperidine rings is 1. The molecule has 2 saturated carbocycles. The summed E-state index contributed by atoms with van der Waals surface area (Å²) in [7, 11) is -3.08. The van der Waals surface area contributed by atoms with Gasteiger partial charge in [-0.25, -0.2) is 17.1 Å². The van der Waals surface area contributed by atoms with Crippen LogP contribution >= 0.6 is 0 Å². The highest BCUT2D eigenvalue weighted by molar-refractivity contribution is 7.90. The van der Waals surface area contributed by atoms with Gasteiger partial charge in [0.2, 0.25) is 10.0 Å². The molecule has 2 aliphatic heterocycles. The minimum Gasteiger partial charge on any atom is -0.314 e. The van der Waals surface area contributed by atoms with Gasteiger partial charge < -0.3 is 5.32 Å². The maximum absolute atomic E-state index is 13.8. The van der Waals surface area contributed by atoms with Crippen molar-refractivity contribution in [3.63, 3.8) is 0 Å². The smallest absolute Gasteiger partial charge is 0.216 e. The van der Waals surface area contributed by atoms with Crippen molar-refractivity contribution in [2.45, 2.75) is 61.8 Å². The van der Waals surface area contributed by atoms with Gasteiger partial charge in [-0.3, -0.25) is 4.90 Å². The Morgan fingerprint density at radius 2 is 1.90 bits per heavy atom. The van der Waals surface area contributed by atoms with Crippen LogP contribution in [-0.2, 0) is 16.4 Å². The Hall–Kier alpha value is -1.02. The van der Waals surface area contributed by atoms with E-state index in [-0.39, 0.29) is 16.6 Å². The van der Waals surface area contributed by atoms with E-state index in [9.17, 15) is 12.8 Å². The van der Waals surface area contributed by atoms with Crippen molar-refractivity contribution in [2.75, 3.05) is 32.7 Å². The minimum atomic E-state index is -3.08. The fraction of sp³-hybridized carbons (Fsp3) is 0.727. The van der Waals surface area contributed by atoms with Crippen LogP contribution in [0.2, 0.25) is 0 Å². The van der Waals surface area contributed by atoms with E-state index in [0.29, 0.717) is 25.0 Å². The first kappa shape index (κ1) is 19.9. The van der Waals surface area contributed by atoms with Crippen molar-refractivity contribution in [1.82, 2.24) is 14.5 Å². The molecule has 0 unspecified atom stereocenters. The number of piperazine rings is 1. The molecule has 2 aliphatic carbocycles. The Morgan fingerprint density at radius 1 is 1.14 bits per heavy atom. The third-order valence-corrected chi connectivity index (χ3v) is 9.90. The van der Waals surface area contributed by atoms with Gasteiger partial charge in [-0.05, 0) is 68.6 Å². The van der Waals surface area contributed by atoms with Crippen LogP contribution in [0, 0.1) is 11.7 Å². The zero-order chi connectivity index (χ0) is 20.1. The predicted molar refractivity (Wildman–Crippen MR) is 112 cm³/mol. The van der Waals surface area contributed by atoms with E-state index in [1.807, 2.05) is 6.07 Å². The van der Waals surface area contributed by atoms with Crippen molar-refractivity contribution in [3.05, 3.63) is 35.6 Å². The molecule has 1 aromatic rings. The van der Waals surface area contributed by atoms with E-state index in [0.717, 1.165) is 57.3 Å². The molecule has 5 nitrogen and oxygen atoms in total. The molecule has 0 bridgehead atoms. The van der Waals surface area contributed by atoms with Gasteiger partial charge in [0, 0.05) is 44.3 Å². The van der Waals surface area contributed by atoms with Crippen molar-refractivity contribution in [3.8, 4) is 0 Å². The van der Waals surface area contributed by atoms with Gasteiger partial charge in [0.05, 0.1) is 5.25 Å². The molecule has 4 fully saturated rings. The molecule has 2 heterocycles. The number of nitrogens with zero attached hydrogens (tertiary/aromatic N) is 2. The van der Waals surface area contributed by atoms with Gasteiger partial charge in [0.1, 0.15) is 5.82 Å². The average molecular weight is 422 g/mol. The number of rotatable bonds is 6. The lowest BCUT2D eigenvalue weighted by Crippen LogP contribution is -2.60. The lowest BCUT2D eigenvalue weighted by Gasteiger charge is -2.47. The molecule has 0 amide bonds. The molecule has 1 aromatic carbocycles. The van der Waals surface area contributed by atoms with Gasteiger partial charge in [-0.1, -0.05) is 12.1 Å². The van der Waals surface area contributed by atoms with Crippen molar-refractivity contribution in [1.29, 1.82) is 0 Å². The Bertz CT molecular complexity index is 845. The lowest BCUT2D eigenvalue weighted by atomic mass is 9.84. The zero-order valence-corrected chi connectivity index (χ0v) is 17.8. The molecule has 1 N–H and O–H groups in total.